The molecule has 0 saturated carbocycles. The van der Waals surface area contributed by atoms with Crippen molar-refractivity contribution in [1.29, 1.82) is 0 Å². The number of aryl methyl sites for hydroxylation is 1. The molecule has 126 valence electrons. The highest BCUT2D eigenvalue weighted by molar-refractivity contribution is 7.11. The summed E-state index contributed by atoms with van der Waals surface area (Å²) >= 11 is 1.58. The van der Waals surface area contributed by atoms with Gasteiger partial charge >= 0.3 is 0 Å². The van der Waals surface area contributed by atoms with Gasteiger partial charge in [-0.1, -0.05) is 12.1 Å². The van der Waals surface area contributed by atoms with Gasteiger partial charge in [-0.3, -0.25) is 4.79 Å². The zero-order valence-corrected chi connectivity index (χ0v) is 14.3. The van der Waals surface area contributed by atoms with Crippen LogP contribution in [0.1, 0.15) is 25.8 Å². The highest BCUT2D eigenvalue weighted by atomic mass is 32.1. The van der Waals surface area contributed by atoms with Crippen LogP contribution >= 0.6 is 11.3 Å². The fraction of sp³-hybridized carbons (Fsp3) is 0.158. The maximum Gasteiger partial charge on any atom is 0.251 e. The van der Waals surface area contributed by atoms with Crippen molar-refractivity contribution in [3.05, 3.63) is 69.4 Å². The van der Waals surface area contributed by atoms with Crippen LogP contribution in [0.4, 0.5) is 4.39 Å². The topological polar surface area (TPSA) is 51.2 Å². The molecule has 4 nitrogen and oxygen atoms in total. The van der Waals surface area contributed by atoms with Crippen LogP contribution in [0.2, 0.25) is 0 Å². The predicted octanol–water partition coefficient (Wildman–Crippen LogP) is 4.08. The Kier molecular flexibility index (Phi) is 3.97. The molecule has 6 heteroatoms. The van der Waals surface area contributed by atoms with Gasteiger partial charge in [-0.15, -0.1) is 11.3 Å². The van der Waals surface area contributed by atoms with Crippen molar-refractivity contribution >= 4 is 17.2 Å². The summed E-state index contributed by atoms with van der Waals surface area (Å²) in [5.41, 5.74) is 3.13. The largest absolute Gasteiger partial charge is 0.487 e. The van der Waals surface area contributed by atoms with E-state index in [1.165, 1.54) is 12.1 Å². The van der Waals surface area contributed by atoms with Crippen LogP contribution in [-0.2, 0) is 13.2 Å². The molecule has 0 radical (unpaired) electrons. The maximum atomic E-state index is 13.3. The molecular weight excluding hydrogens is 339 g/mol. The molecule has 0 saturated heterocycles. The summed E-state index contributed by atoms with van der Waals surface area (Å²) in [5.74, 6) is 0.279. The van der Waals surface area contributed by atoms with E-state index in [-0.39, 0.29) is 11.7 Å². The monoisotopic (exact) mass is 354 g/mol. The summed E-state index contributed by atoms with van der Waals surface area (Å²) < 4.78 is 19.3. The molecule has 1 N–H and O–H groups in total. The number of hydrogen-bond donors (Lipinski definition) is 1. The van der Waals surface area contributed by atoms with E-state index in [1.807, 2.05) is 19.1 Å². The van der Waals surface area contributed by atoms with Crippen LogP contribution in [0.25, 0.3) is 11.1 Å². The van der Waals surface area contributed by atoms with Gasteiger partial charge in [-0.05, 0) is 42.3 Å². The number of ether oxygens (including phenoxy) is 1. The van der Waals surface area contributed by atoms with Gasteiger partial charge in [-0.2, -0.15) is 0 Å². The van der Waals surface area contributed by atoms with Gasteiger partial charge in [0, 0.05) is 23.9 Å². The van der Waals surface area contributed by atoms with E-state index in [1.54, 1.807) is 29.7 Å². The quantitative estimate of drug-likeness (QED) is 0.768. The van der Waals surface area contributed by atoms with Gasteiger partial charge < -0.3 is 10.1 Å². The number of nitrogens with zero attached hydrogens (tertiary/aromatic N) is 1. The van der Waals surface area contributed by atoms with E-state index in [2.05, 4.69) is 10.3 Å². The molecule has 25 heavy (non-hydrogen) atoms. The number of fused-ring (bicyclic) bond motifs is 1. The minimum Gasteiger partial charge on any atom is -0.487 e. The van der Waals surface area contributed by atoms with Gasteiger partial charge in [0.1, 0.15) is 18.2 Å². The smallest absolute Gasteiger partial charge is 0.251 e. The third kappa shape index (κ3) is 3.13. The lowest BCUT2D eigenvalue weighted by Gasteiger charge is -2.13. The number of benzene rings is 2. The molecule has 3 aromatic rings. The fourth-order valence-corrected chi connectivity index (χ4v) is 3.55. The molecule has 0 atom stereocenters. The molecule has 1 aliphatic rings. The lowest BCUT2D eigenvalue weighted by molar-refractivity contribution is 0.0966. The first-order chi connectivity index (χ1) is 12.1. The normalized spacial score (nSPS) is 12.8. The average molecular weight is 354 g/mol. The first-order valence-corrected chi connectivity index (χ1v) is 8.67. The average Bonchev–Trinajstić information content (AvgIpc) is 3.19. The van der Waals surface area contributed by atoms with Crippen LogP contribution in [0, 0.1) is 12.7 Å². The van der Waals surface area contributed by atoms with Gasteiger partial charge in [0.25, 0.3) is 5.91 Å². The molecule has 1 aliphatic heterocycles. The summed E-state index contributed by atoms with van der Waals surface area (Å²) in [6, 6.07) is 9.89. The van der Waals surface area contributed by atoms with Crippen molar-refractivity contribution in [2.24, 2.45) is 0 Å². The van der Waals surface area contributed by atoms with Crippen LogP contribution < -0.4 is 10.1 Å². The number of aromatic nitrogens is 1. The van der Waals surface area contributed by atoms with Crippen LogP contribution in [0.15, 0.2) is 42.6 Å². The van der Waals surface area contributed by atoms with Gasteiger partial charge in [0.05, 0.1) is 9.88 Å². The molecule has 1 aromatic heterocycles. The molecule has 2 aromatic carbocycles. The van der Waals surface area contributed by atoms with Crippen molar-refractivity contribution in [1.82, 2.24) is 10.3 Å². The molecule has 4 rings (SSSR count). The molecule has 1 amide bonds. The second kappa shape index (κ2) is 6.29. The Morgan fingerprint density at radius 2 is 2.04 bits per heavy atom. The van der Waals surface area contributed by atoms with Gasteiger partial charge in [0.15, 0.2) is 0 Å². The second-order valence-corrected chi connectivity index (χ2v) is 7.15. The first kappa shape index (κ1) is 15.8. The predicted molar refractivity (Wildman–Crippen MR) is 94.2 cm³/mol. The number of amides is 1. The lowest BCUT2D eigenvalue weighted by Crippen LogP contribution is -2.12. The zero-order valence-electron chi connectivity index (χ0n) is 13.5. The Hall–Kier alpha value is -2.73. The molecule has 2 heterocycles. The van der Waals surface area contributed by atoms with Crippen molar-refractivity contribution < 1.29 is 13.9 Å². The second-order valence-electron chi connectivity index (χ2n) is 5.83. The van der Waals surface area contributed by atoms with E-state index in [4.69, 9.17) is 4.74 Å². The Labute approximate surface area is 148 Å². The van der Waals surface area contributed by atoms with Crippen LogP contribution in [-0.4, -0.2) is 10.9 Å². The summed E-state index contributed by atoms with van der Waals surface area (Å²) in [6.07, 6.45) is 1.80. The summed E-state index contributed by atoms with van der Waals surface area (Å²) in [7, 11) is 0. The zero-order chi connectivity index (χ0) is 17.4. The molecular formula is C19H15FN2O2S. The van der Waals surface area contributed by atoms with Crippen LogP contribution in [0.5, 0.6) is 5.75 Å². The highest BCUT2D eigenvalue weighted by Gasteiger charge is 2.22. The van der Waals surface area contributed by atoms with E-state index >= 15 is 0 Å². The summed E-state index contributed by atoms with van der Waals surface area (Å²) in [6.45, 7) is 2.85. The number of carbonyl (C=O) groups is 1. The number of nitrogens with one attached hydrogen (secondary N) is 1. The fourth-order valence-electron chi connectivity index (χ4n) is 2.85. The van der Waals surface area contributed by atoms with Gasteiger partial charge in [0.2, 0.25) is 0 Å². The first-order valence-electron chi connectivity index (χ1n) is 7.85. The Bertz CT molecular complexity index is 951. The molecule has 0 aliphatic carbocycles. The highest BCUT2D eigenvalue weighted by Crippen LogP contribution is 2.35. The van der Waals surface area contributed by atoms with Crippen molar-refractivity contribution in [3.8, 4) is 16.9 Å². The minimum absolute atomic E-state index is 0.0945. The lowest BCUT2D eigenvalue weighted by atomic mass is 9.99. The van der Waals surface area contributed by atoms with E-state index in [0.29, 0.717) is 24.5 Å². The third-order valence-electron chi connectivity index (χ3n) is 4.08. The maximum absolute atomic E-state index is 13.3. The molecule has 0 spiro atoms. The van der Waals surface area contributed by atoms with E-state index in [0.717, 1.165) is 26.6 Å². The SMILES string of the molecule is Cc1ncc(COc2cc3c(cc2-c2ccc(F)cc2)C(=O)NC3)s1. The number of hydrogen-bond acceptors (Lipinski definition) is 4. The van der Waals surface area contributed by atoms with Crippen LogP contribution in [0.3, 0.4) is 0 Å². The Morgan fingerprint density at radius 3 is 2.76 bits per heavy atom. The summed E-state index contributed by atoms with van der Waals surface area (Å²) in [5, 5.41) is 3.80. The molecule has 0 bridgehead atoms. The number of thiazole rings is 1. The third-order valence-corrected chi connectivity index (χ3v) is 4.97. The van der Waals surface area contributed by atoms with Crippen molar-refractivity contribution in [3.63, 3.8) is 0 Å². The molecule has 0 fully saturated rings. The van der Waals surface area contributed by atoms with Crippen molar-refractivity contribution in [2.75, 3.05) is 0 Å². The van der Waals surface area contributed by atoms with Crippen molar-refractivity contribution in [2.45, 2.75) is 20.1 Å². The number of halogens is 1. The number of carbonyl (C=O) groups excluding carboxylic acids is 1. The summed E-state index contributed by atoms with van der Waals surface area (Å²) in [4.78, 5) is 17.2. The Balaban J connectivity index is 1.73. The van der Waals surface area contributed by atoms with E-state index < -0.39 is 0 Å². The van der Waals surface area contributed by atoms with Gasteiger partial charge in [-0.25, -0.2) is 9.37 Å². The van der Waals surface area contributed by atoms with E-state index in [9.17, 15) is 9.18 Å². The minimum atomic E-state index is -0.301. The number of rotatable bonds is 4. The standard InChI is InChI=1S/C19H15FN2O2S/c1-11-21-9-15(25-11)10-24-18-6-13-8-22-19(23)17(13)7-16(18)12-2-4-14(20)5-3-12/h2-7,9H,8,10H2,1H3,(H,22,23). The molecule has 0 unspecified atom stereocenters. The Morgan fingerprint density at radius 1 is 1.24 bits per heavy atom.